The standard InChI is InChI=1S/C30H23F2NO5/c31-25-14-13-19(16-26(25)32)38-28-12-6-1-7-18(28)15-27(29(34)35)33-30(36)37-17-24-22-10-4-2-8-20(22)21-9-3-5-11-23(21)24/h1-14,16,24,27H,15,17H2,(H,33,36)(H,34,35). The van der Waals surface area contributed by atoms with Crippen LogP contribution in [0.3, 0.4) is 0 Å². The Bertz CT molecular complexity index is 1460. The van der Waals surface area contributed by atoms with Crippen LogP contribution in [0.2, 0.25) is 0 Å². The van der Waals surface area contributed by atoms with Gasteiger partial charge >= 0.3 is 12.1 Å². The molecule has 5 rings (SSSR count). The number of amides is 1. The highest BCUT2D eigenvalue weighted by atomic mass is 19.2. The number of ether oxygens (including phenoxy) is 2. The molecule has 4 aromatic carbocycles. The Hall–Kier alpha value is -4.72. The fourth-order valence-corrected chi connectivity index (χ4v) is 4.64. The Kier molecular flexibility index (Phi) is 7.04. The number of carboxylic acid groups (broad SMARTS) is 1. The molecule has 0 aromatic heterocycles. The van der Waals surface area contributed by atoms with E-state index in [4.69, 9.17) is 9.47 Å². The molecule has 4 aromatic rings. The van der Waals surface area contributed by atoms with Crippen molar-refractivity contribution in [1.82, 2.24) is 5.32 Å². The summed E-state index contributed by atoms with van der Waals surface area (Å²) >= 11 is 0. The van der Waals surface area contributed by atoms with Crippen molar-refractivity contribution in [3.05, 3.63) is 119 Å². The SMILES string of the molecule is O=C(NC(Cc1ccccc1Oc1ccc(F)c(F)c1)C(=O)O)OCC1c2ccccc2-c2ccccc21. The first-order valence-corrected chi connectivity index (χ1v) is 12.0. The summed E-state index contributed by atoms with van der Waals surface area (Å²) in [5.41, 5.74) is 4.69. The van der Waals surface area contributed by atoms with E-state index >= 15 is 0 Å². The van der Waals surface area contributed by atoms with E-state index in [2.05, 4.69) is 5.32 Å². The van der Waals surface area contributed by atoms with Crippen LogP contribution >= 0.6 is 0 Å². The van der Waals surface area contributed by atoms with Gasteiger partial charge in [0.15, 0.2) is 11.6 Å². The number of rotatable bonds is 8. The third kappa shape index (κ3) is 5.20. The molecule has 0 radical (unpaired) electrons. The van der Waals surface area contributed by atoms with Crippen molar-refractivity contribution in [2.24, 2.45) is 0 Å². The monoisotopic (exact) mass is 515 g/mol. The zero-order valence-corrected chi connectivity index (χ0v) is 20.1. The Labute approximate surface area is 217 Å². The van der Waals surface area contributed by atoms with Gasteiger partial charge in [-0.05, 0) is 46.0 Å². The molecule has 0 saturated carbocycles. The zero-order chi connectivity index (χ0) is 26.6. The predicted molar refractivity (Wildman–Crippen MR) is 136 cm³/mol. The zero-order valence-electron chi connectivity index (χ0n) is 20.1. The number of hydrogen-bond acceptors (Lipinski definition) is 4. The maximum atomic E-state index is 13.6. The Morgan fingerprint density at radius 1 is 0.842 bits per heavy atom. The fourth-order valence-electron chi connectivity index (χ4n) is 4.64. The average Bonchev–Trinajstić information content (AvgIpc) is 3.24. The number of carboxylic acids is 1. The van der Waals surface area contributed by atoms with E-state index in [0.29, 0.717) is 5.56 Å². The van der Waals surface area contributed by atoms with Crippen molar-refractivity contribution in [3.8, 4) is 22.6 Å². The number of benzene rings is 4. The molecule has 0 aliphatic heterocycles. The summed E-state index contributed by atoms with van der Waals surface area (Å²) in [6, 6.07) is 24.1. The largest absolute Gasteiger partial charge is 0.480 e. The van der Waals surface area contributed by atoms with Crippen molar-refractivity contribution in [1.29, 1.82) is 0 Å². The lowest BCUT2D eigenvalue weighted by atomic mass is 9.98. The minimum absolute atomic E-state index is 0.0437. The molecule has 1 aliphatic rings. The van der Waals surface area contributed by atoms with Crippen molar-refractivity contribution in [2.45, 2.75) is 18.4 Å². The minimum atomic E-state index is -1.32. The number of carbonyl (C=O) groups excluding carboxylic acids is 1. The predicted octanol–water partition coefficient (Wildman–Crippen LogP) is 6.29. The Morgan fingerprint density at radius 2 is 1.47 bits per heavy atom. The second-order valence-electron chi connectivity index (χ2n) is 8.85. The molecule has 2 N–H and O–H groups in total. The molecule has 1 atom stereocenters. The topological polar surface area (TPSA) is 84.9 Å². The molecule has 6 nitrogen and oxygen atoms in total. The maximum absolute atomic E-state index is 13.6. The number of carbonyl (C=O) groups is 2. The molecule has 192 valence electrons. The second kappa shape index (κ2) is 10.7. The average molecular weight is 516 g/mol. The lowest BCUT2D eigenvalue weighted by Gasteiger charge is -2.19. The number of fused-ring (bicyclic) bond motifs is 3. The first-order chi connectivity index (χ1) is 18.4. The van der Waals surface area contributed by atoms with Gasteiger partial charge in [-0.2, -0.15) is 0 Å². The number of aliphatic carboxylic acids is 1. The van der Waals surface area contributed by atoms with E-state index in [1.54, 1.807) is 24.3 Å². The van der Waals surface area contributed by atoms with Crippen LogP contribution in [0.5, 0.6) is 11.5 Å². The third-order valence-corrected chi connectivity index (χ3v) is 6.45. The van der Waals surface area contributed by atoms with Gasteiger partial charge in [0.1, 0.15) is 24.1 Å². The van der Waals surface area contributed by atoms with Crippen LogP contribution in [0.1, 0.15) is 22.6 Å². The molecule has 0 heterocycles. The second-order valence-corrected chi connectivity index (χ2v) is 8.85. The molecule has 0 spiro atoms. The maximum Gasteiger partial charge on any atom is 0.407 e. The first-order valence-electron chi connectivity index (χ1n) is 12.0. The van der Waals surface area contributed by atoms with E-state index in [1.807, 2.05) is 48.5 Å². The molecule has 38 heavy (non-hydrogen) atoms. The van der Waals surface area contributed by atoms with Crippen LogP contribution in [0.4, 0.5) is 13.6 Å². The highest BCUT2D eigenvalue weighted by Crippen LogP contribution is 2.44. The molecule has 1 unspecified atom stereocenters. The molecular formula is C30H23F2NO5. The van der Waals surface area contributed by atoms with Crippen LogP contribution in [0.15, 0.2) is 91.0 Å². The third-order valence-electron chi connectivity index (χ3n) is 6.45. The molecule has 0 saturated heterocycles. The van der Waals surface area contributed by atoms with Crippen molar-refractivity contribution in [2.75, 3.05) is 6.61 Å². The summed E-state index contributed by atoms with van der Waals surface area (Å²) < 4.78 is 38.0. The quantitative estimate of drug-likeness (QED) is 0.288. The van der Waals surface area contributed by atoms with Gasteiger partial charge in [0.05, 0.1) is 0 Å². The van der Waals surface area contributed by atoms with Crippen molar-refractivity contribution >= 4 is 12.1 Å². The van der Waals surface area contributed by atoms with Gasteiger partial charge in [0.2, 0.25) is 0 Å². The summed E-state index contributed by atoms with van der Waals surface area (Å²) in [5.74, 6) is -3.21. The van der Waals surface area contributed by atoms with E-state index in [9.17, 15) is 23.5 Å². The summed E-state index contributed by atoms with van der Waals surface area (Å²) in [7, 11) is 0. The Balaban J connectivity index is 1.26. The molecular weight excluding hydrogens is 492 g/mol. The normalized spacial score (nSPS) is 12.8. The molecule has 8 heteroatoms. The molecule has 0 bridgehead atoms. The number of hydrogen-bond donors (Lipinski definition) is 2. The van der Waals surface area contributed by atoms with Gasteiger partial charge in [-0.15, -0.1) is 0 Å². The summed E-state index contributed by atoms with van der Waals surface area (Å²) in [6.07, 6.45) is -0.988. The summed E-state index contributed by atoms with van der Waals surface area (Å²) in [6.45, 7) is 0.0437. The fraction of sp³-hybridized carbons (Fsp3) is 0.133. The van der Waals surface area contributed by atoms with Crippen LogP contribution < -0.4 is 10.1 Å². The van der Waals surface area contributed by atoms with Gasteiger partial charge in [-0.25, -0.2) is 18.4 Å². The van der Waals surface area contributed by atoms with E-state index in [-0.39, 0.29) is 30.4 Å². The number of para-hydroxylation sites is 1. The van der Waals surface area contributed by atoms with E-state index < -0.39 is 29.7 Å². The number of alkyl carbamates (subject to hydrolysis) is 1. The van der Waals surface area contributed by atoms with Crippen LogP contribution in [0, 0.1) is 11.6 Å². The first kappa shape index (κ1) is 25.0. The molecule has 0 fully saturated rings. The van der Waals surface area contributed by atoms with Gasteiger partial charge in [0, 0.05) is 18.4 Å². The summed E-state index contributed by atoms with van der Waals surface area (Å²) in [5, 5.41) is 12.2. The summed E-state index contributed by atoms with van der Waals surface area (Å²) in [4.78, 5) is 24.6. The van der Waals surface area contributed by atoms with Gasteiger partial charge in [-0.3, -0.25) is 0 Å². The van der Waals surface area contributed by atoms with Crippen molar-refractivity contribution in [3.63, 3.8) is 0 Å². The minimum Gasteiger partial charge on any atom is -0.480 e. The van der Waals surface area contributed by atoms with Gasteiger partial charge in [-0.1, -0.05) is 66.7 Å². The molecule has 1 aliphatic carbocycles. The van der Waals surface area contributed by atoms with Gasteiger partial charge < -0.3 is 19.9 Å². The van der Waals surface area contributed by atoms with Crippen LogP contribution in [-0.4, -0.2) is 29.8 Å². The number of nitrogens with one attached hydrogen (secondary N) is 1. The van der Waals surface area contributed by atoms with Crippen molar-refractivity contribution < 1.29 is 33.0 Å². The highest BCUT2D eigenvalue weighted by Gasteiger charge is 2.30. The van der Waals surface area contributed by atoms with Crippen LogP contribution in [-0.2, 0) is 16.0 Å². The lowest BCUT2D eigenvalue weighted by Crippen LogP contribution is -2.43. The van der Waals surface area contributed by atoms with Crippen LogP contribution in [0.25, 0.3) is 11.1 Å². The lowest BCUT2D eigenvalue weighted by molar-refractivity contribution is -0.139. The smallest absolute Gasteiger partial charge is 0.407 e. The van der Waals surface area contributed by atoms with Gasteiger partial charge in [0.25, 0.3) is 0 Å². The number of halogens is 2. The molecule has 1 amide bonds. The van der Waals surface area contributed by atoms with E-state index in [1.165, 1.54) is 6.07 Å². The van der Waals surface area contributed by atoms with E-state index in [0.717, 1.165) is 34.4 Å². The Morgan fingerprint density at radius 3 is 2.13 bits per heavy atom. The highest BCUT2D eigenvalue weighted by molar-refractivity contribution is 5.81.